The van der Waals surface area contributed by atoms with Crippen LogP contribution in [-0.2, 0) is 14.4 Å². The van der Waals surface area contributed by atoms with Gasteiger partial charge in [0, 0.05) is 63.6 Å². The Hall–Kier alpha value is -3.59. The highest BCUT2D eigenvalue weighted by Crippen LogP contribution is 2.28. The molecule has 0 bridgehead atoms. The number of benzene rings is 2. The molecule has 35 heavy (non-hydrogen) atoms. The molecule has 3 amide bonds. The van der Waals surface area contributed by atoms with Crippen molar-refractivity contribution in [3.05, 3.63) is 48.5 Å². The van der Waals surface area contributed by atoms with Crippen LogP contribution < -0.4 is 25.2 Å². The van der Waals surface area contributed by atoms with Gasteiger partial charge < -0.3 is 25.2 Å². The molecule has 2 saturated heterocycles. The second kappa shape index (κ2) is 11.7. The van der Waals surface area contributed by atoms with E-state index in [1.807, 2.05) is 24.3 Å². The van der Waals surface area contributed by atoms with Gasteiger partial charge in [0.25, 0.3) is 0 Å². The lowest BCUT2D eigenvalue weighted by atomic mass is 10.1. The van der Waals surface area contributed by atoms with E-state index in [1.165, 1.54) is 0 Å². The highest BCUT2D eigenvalue weighted by atomic mass is 16.5. The maximum atomic E-state index is 12.4. The fourth-order valence-electron chi connectivity index (χ4n) is 4.53. The second-order valence-corrected chi connectivity index (χ2v) is 8.76. The third-order valence-corrected chi connectivity index (χ3v) is 6.46. The molecule has 0 aromatic heterocycles. The van der Waals surface area contributed by atoms with Crippen LogP contribution in [0, 0.1) is 0 Å². The van der Waals surface area contributed by atoms with Crippen molar-refractivity contribution in [3.8, 4) is 5.75 Å². The third-order valence-electron chi connectivity index (χ3n) is 6.46. The Morgan fingerprint density at radius 1 is 0.943 bits per heavy atom. The van der Waals surface area contributed by atoms with Crippen molar-refractivity contribution < 1.29 is 19.1 Å². The van der Waals surface area contributed by atoms with Gasteiger partial charge >= 0.3 is 11.8 Å². The highest BCUT2D eigenvalue weighted by Gasteiger charge is 2.22. The minimum Gasteiger partial charge on any atom is -0.495 e. The molecule has 9 nitrogen and oxygen atoms in total. The Kier molecular flexibility index (Phi) is 8.20. The van der Waals surface area contributed by atoms with E-state index >= 15 is 0 Å². The Morgan fingerprint density at radius 3 is 2.51 bits per heavy atom. The second-order valence-electron chi connectivity index (χ2n) is 8.76. The molecule has 0 saturated carbocycles. The van der Waals surface area contributed by atoms with Gasteiger partial charge in [-0.1, -0.05) is 18.2 Å². The van der Waals surface area contributed by atoms with Gasteiger partial charge in [0.1, 0.15) is 5.75 Å². The van der Waals surface area contributed by atoms with Crippen LogP contribution in [0.3, 0.4) is 0 Å². The zero-order valence-electron chi connectivity index (χ0n) is 20.2. The van der Waals surface area contributed by atoms with Crippen LogP contribution >= 0.6 is 0 Å². The number of ether oxygens (including phenoxy) is 1. The van der Waals surface area contributed by atoms with E-state index in [-0.39, 0.29) is 5.91 Å². The van der Waals surface area contributed by atoms with Crippen molar-refractivity contribution in [2.45, 2.75) is 19.3 Å². The van der Waals surface area contributed by atoms with E-state index in [9.17, 15) is 14.4 Å². The summed E-state index contributed by atoms with van der Waals surface area (Å²) in [6.07, 6.45) is 2.40. The van der Waals surface area contributed by atoms with Crippen molar-refractivity contribution in [3.63, 3.8) is 0 Å². The average Bonchev–Trinajstić information content (AvgIpc) is 2.89. The Bertz CT molecular complexity index is 1050. The van der Waals surface area contributed by atoms with Crippen molar-refractivity contribution in [2.75, 3.05) is 68.0 Å². The van der Waals surface area contributed by atoms with E-state index in [2.05, 4.69) is 26.5 Å². The zero-order chi connectivity index (χ0) is 24.6. The number of carbonyl (C=O) groups excluding carboxylic acids is 3. The lowest BCUT2D eigenvalue weighted by Crippen LogP contribution is -2.49. The van der Waals surface area contributed by atoms with Crippen molar-refractivity contribution in [2.24, 2.45) is 0 Å². The lowest BCUT2D eigenvalue weighted by Gasteiger charge is -2.36. The number of nitrogens with one attached hydrogen (secondary N) is 2. The number of anilines is 3. The lowest BCUT2D eigenvalue weighted by molar-refractivity contribution is -0.136. The molecule has 2 N–H and O–H groups in total. The van der Waals surface area contributed by atoms with Gasteiger partial charge in [-0.15, -0.1) is 0 Å². The quantitative estimate of drug-likeness (QED) is 0.591. The van der Waals surface area contributed by atoms with Gasteiger partial charge in [-0.05, 0) is 43.2 Å². The first kappa shape index (κ1) is 24.5. The topological polar surface area (TPSA) is 94.2 Å². The first-order valence-corrected chi connectivity index (χ1v) is 12.1. The molecule has 0 aliphatic carbocycles. The molecule has 2 aliphatic heterocycles. The van der Waals surface area contributed by atoms with Crippen LogP contribution in [0.1, 0.15) is 19.3 Å². The van der Waals surface area contributed by atoms with E-state index in [4.69, 9.17) is 4.74 Å². The minimum atomic E-state index is -0.715. The number of methoxy groups -OCH3 is 1. The van der Waals surface area contributed by atoms with E-state index < -0.39 is 11.8 Å². The molecule has 4 rings (SSSR count). The predicted molar refractivity (Wildman–Crippen MR) is 136 cm³/mol. The van der Waals surface area contributed by atoms with Crippen LogP contribution in [-0.4, -0.2) is 75.5 Å². The summed E-state index contributed by atoms with van der Waals surface area (Å²) >= 11 is 0. The highest BCUT2D eigenvalue weighted by molar-refractivity contribution is 6.39. The zero-order valence-corrected chi connectivity index (χ0v) is 20.2. The fraction of sp³-hybridized carbons (Fsp3) is 0.423. The van der Waals surface area contributed by atoms with Crippen LogP contribution in [0.5, 0.6) is 5.75 Å². The molecule has 2 fully saturated rings. The van der Waals surface area contributed by atoms with E-state index in [0.717, 1.165) is 56.1 Å². The monoisotopic (exact) mass is 479 g/mol. The summed E-state index contributed by atoms with van der Waals surface area (Å²) in [5.74, 6) is -0.432. The third kappa shape index (κ3) is 6.30. The number of nitrogens with zero attached hydrogens (tertiary/aromatic N) is 3. The maximum Gasteiger partial charge on any atom is 0.313 e. The SMILES string of the molecule is COc1ccccc1N1CCN(CCNC(=O)C(=O)Nc2cccc(N3CCCCC3=O)c2)CC1. The number of hydrogen-bond acceptors (Lipinski definition) is 6. The summed E-state index contributed by atoms with van der Waals surface area (Å²) in [5.41, 5.74) is 2.32. The maximum absolute atomic E-state index is 12.4. The summed E-state index contributed by atoms with van der Waals surface area (Å²) < 4.78 is 5.47. The van der Waals surface area contributed by atoms with E-state index in [1.54, 1.807) is 30.2 Å². The molecule has 9 heteroatoms. The van der Waals surface area contributed by atoms with Crippen molar-refractivity contribution in [1.82, 2.24) is 10.2 Å². The van der Waals surface area contributed by atoms with Gasteiger partial charge in [-0.3, -0.25) is 19.3 Å². The fourth-order valence-corrected chi connectivity index (χ4v) is 4.53. The number of carbonyl (C=O) groups is 3. The van der Waals surface area contributed by atoms with Crippen LogP contribution in [0.15, 0.2) is 48.5 Å². The number of para-hydroxylation sites is 2. The molecule has 0 radical (unpaired) electrons. The van der Waals surface area contributed by atoms with Gasteiger partial charge in [0.15, 0.2) is 0 Å². The summed E-state index contributed by atoms with van der Waals surface area (Å²) in [6, 6.07) is 15.1. The van der Waals surface area contributed by atoms with Crippen molar-refractivity contribution >= 4 is 34.8 Å². The normalized spacial score (nSPS) is 16.7. The molecular formula is C26H33N5O4. The van der Waals surface area contributed by atoms with Crippen LogP contribution in [0.2, 0.25) is 0 Å². The summed E-state index contributed by atoms with van der Waals surface area (Å²) in [7, 11) is 1.68. The Morgan fingerprint density at radius 2 is 1.74 bits per heavy atom. The minimum absolute atomic E-state index is 0.0845. The van der Waals surface area contributed by atoms with Crippen molar-refractivity contribution in [1.29, 1.82) is 0 Å². The first-order valence-electron chi connectivity index (χ1n) is 12.1. The van der Waals surface area contributed by atoms with Crippen LogP contribution in [0.4, 0.5) is 17.1 Å². The van der Waals surface area contributed by atoms with E-state index in [0.29, 0.717) is 31.7 Å². The summed E-state index contributed by atoms with van der Waals surface area (Å²) in [6.45, 7) is 5.19. The molecule has 0 unspecified atom stereocenters. The van der Waals surface area contributed by atoms with Gasteiger partial charge in [0.2, 0.25) is 5.91 Å². The number of hydrogen-bond donors (Lipinski definition) is 2. The molecule has 2 heterocycles. The molecule has 0 atom stereocenters. The Balaban J connectivity index is 1.20. The average molecular weight is 480 g/mol. The number of piperidine rings is 1. The summed E-state index contributed by atoms with van der Waals surface area (Å²) in [4.78, 5) is 43.1. The number of rotatable bonds is 7. The van der Waals surface area contributed by atoms with Gasteiger partial charge in [-0.2, -0.15) is 0 Å². The smallest absolute Gasteiger partial charge is 0.313 e. The number of piperazine rings is 1. The first-order chi connectivity index (χ1) is 17.0. The largest absolute Gasteiger partial charge is 0.495 e. The molecular weight excluding hydrogens is 446 g/mol. The standard InChI is InChI=1S/C26H33N5O4/c1-35-23-10-3-2-9-22(23)30-17-15-29(16-18-30)14-12-27-25(33)26(34)28-20-7-6-8-21(19-20)31-13-5-4-11-24(31)32/h2-3,6-10,19H,4-5,11-18H2,1H3,(H,27,33)(H,28,34). The number of amides is 3. The molecule has 0 spiro atoms. The molecule has 186 valence electrons. The van der Waals surface area contributed by atoms with Gasteiger partial charge in [-0.25, -0.2) is 0 Å². The van der Waals surface area contributed by atoms with Crippen LogP contribution in [0.25, 0.3) is 0 Å². The molecule has 2 aliphatic rings. The van der Waals surface area contributed by atoms with Gasteiger partial charge in [0.05, 0.1) is 12.8 Å². The predicted octanol–water partition coefficient (Wildman–Crippen LogP) is 2.09. The molecule has 2 aromatic carbocycles. The Labute approximate surface area is 206 Å². The molecule has 2 aromatic rings. The summed E-state index contributed by atoms with van der Waals surface area (Å²) in [5, 5.41) is 5.34.